The highest BCUT2D eigenvalue weighted by atomic mass is 16.6. The van der Waals surface area contributed by atoms with Crippen molar-refractivity contribution in [3.8, 4) is 0 Å². The highest BCUT2D eigenvalue weighted by Gasteiger charge is 2.39. The zero-order chi connectivity index (χ0) is 14.8. The molecule has 1 aliphatic rings. The topological polar surface area (TPSA) is 26.3 Å². The van der Waals surface area contributed by atoms with Gasteiger partial charge < -0.3 is 4.74 Å². The molecule has 1 aromatic carbocycles. The molecule has 2 rings (SSSR count). The van der Waals surface area contributed by atoms with Crippen molar-refractivity contribution >= 4 is 5.97 Å². The number of rotatable bonds is 2. The predicted octanol–water partition coefficient (Wildman–Crippen LogP) is 4.38. The zero-order valence-electron chi connectivity index (χ0n) is 12.7. The summed E-state index contributed by atoms with van der Waals surface area (Å²) in [7, 11) is 0. The Balaban J connectivity index is 2.46. The zero-order valence-corrected chi connectivity index (χ0v) is 12.7. The first-order valence-corrected chi connectivity index (χ1v) is 7.42. The van der Waals surface area contributed by atoms with Gasteiger partial charge in [-0.2, -0.15) is 0 Å². The molecule has 2 atom stereocenters. The third-order valence-corrected chi connectivity index (χ3v) is 4.48. The van der Waals surface area contributed by atoms with Crippen LogP contribution in [0.3, 0.4) is 0 Å². The van der Waals surface area contributed by atoms with Crippen molar-refractivity contribution < 1.29 is 9.53 Å². The van der Waals surface area contributed by atoms with E-state index in [4.69, 9.17) is 4.74 Å². The SMILES string of the molecule is C=C(C)C(=O)OC1(C)c2ccccc2CCCCC1C. The van der Waals surface area contributed by atoms with Crippen molar-refractivity contribution in [1.82, 2.24) is 0 Å². The number of hydrogen-bond acceptors (Lipinski definition) is 2. The maximum Gasteiger partial charge on any atom is 0.333 e. The van der Waals surface area contributed by atoms with E-state index >= 15 is 0 Å². The van der Waals surface area contributed by atoms with Crippen molar-refractivity contribution in [3.05, 3.63) is 47.5 Å². The lowest BCUT2D eigenvalue weighted by Crippen LogP contribution is -2.37. The number of hydrogen-bond donors (Lipinski definition) is 0. The summed E-state index contributed by atoms with van der Waals surface area (Å²) >= 11 is 0. The molecular weight excluding hydrogens is 248 g/mol. The highest BCUT2D eigenvalue weighted by Crippen LogP contribution is 2.40. The Labute approximate surface area is 121 Å². The van der Waals surface area contributed by atoms with Gasteiger partial charge in [-0.05, 0) is 44.2 Å². The molecule has 0 aromatic heterocycles. The Morgan fingerprint density at radius 3 is 2.75 bits per heavy atom. The minimum absolute atomic E-state index is 0.297. The minimum atomic E-state index is -0.562. The number of carbonyl (C=O) groups is 1. The molecule has 0 bridgehead atoms. The number of carbonyl (C=O) groups excluding carboxylic acids is 1. The van der Waals surface area contributed by atoms with Gasteiger partial charge in [0.2, 0.25) is 0 Å². The first kappa shape index (κ1) is 14.8. The van der Waals surface area contributed by atoms with Crippen molar-refractivity contribution in [3.63, 3.8) is 0 Å². The maximum absolute atomic E-state index is 12.0. The molecule has 0 radical (unpaired) electrons. The molecule has 0 heterocycles. The molecule has 0 saturated carbocycles. The van der Waals surface area contributed by atoms with Gasteiger partial charge in [0, 0.05) is 11.5 Å². The largest absolute Gasteiger partial charge is 0.451 e. The second-order valence-electron chi connectivity index (χ2n) is 6.08. The van der Waals surface area contributed by atoms with Crippen LogP contribution in [0.2, 0.25) is 0 Å². The number of fused-ring (bicyclic) bond motifs is 1. The lowest BCUT2D eigenvalue weighted by atomic mass is 9.76. The third-order valence-electron chi connectivity index (χ3n) is 4.48. The maximum atomic E-state index is 12.0. The van der Waals surface area contributed by atoms with Crippen LogP contribution in [-0.2, 0) is 21.6 Å². The number of benzene rings is 1. The number of esters is 1. The van der Waals surface area contributed by atoms with E-state index in [0.717, 1.165) is 18.4 Å². The van der Waals surface area contributed by atoms with Gasteiger partial charge in [-0.1, -0.05) is 44.2 Å². The van der Waals surface area contributed by atoms with E-state index in [2.05, 4.69) is 31.7 Å². The summed E-state index contributed by atoms with van der Waals surface area (Å²) in [6, 6.07) is 8.34. The Kier molecular flexibility index (Phi) is 4.32. The predicted molar refractivity (Wildman–Crippen MR) is 81.4 cm³/mol. The molecule has 0 N–H and O–H groups in total. The van der Waals surface area contributed by atoms with Crippen LogP contribution in [0.15, 0.2) is 36.4 Å². The van der Waals surface area contributed by atoms with Crippen LogP contribution in [0, 0.1) is 5.92 Å². The van der Waals surface area contributed by atoms with Crippen LogP contribution in [0.5, 0.6) is 0 Å². The van der Waals surface area contributed by atoms with E-state index in [1.54, 1.807) is 6.92 Å². The molecule has 108 valence electrons. The molecule has 0 aliphatic heterocycles. The number of ether oxygens (including phenoxy) is 1. The summed E-state index contributed by atoms with van der Waals surface area (Å²) in [6.07, 6.45) is 4.51. The highest BCUT2D eigenvalue weighted by molar-refractivity contribution is 5.87. The fourth-order valence-corrected chi connectivity index (χ4v) is 2.96. The van der Waals surface area contributed by atoms with Crippen LogP contribution in [0.4, 0.5) is 0 Å². The smallest absolute Gasteiger partial charge is 0.333 e. The van der Waals surface area contributed by atoms with E-state index < -0.39 is 5.60 Å². The summed E-state index contributed by atoms with van der Waals surface area (Å²) in [6.45, 7) is 9.62. The van der Waals surface area contributed by atoms with Crippen molar-refractivity contribution in [1.29, 1.82) is 0 Å². The molecule has 0 spiro atoms. The summed E-state index contributed by atoms with van der Waals surface area (Å²) < 4.78 is 5.88. The molecule has 1 aliphatic carbocycles. The molecule has 0 fully saturated rings. The second kappa shape index (κ2) is 5.82. The van der Waals surface area contributed by atoms with Crippen LogP contribution >= 0.6 is 0 Å². The Hall–Kier alpha value is -1.57. The molecule has 2 nitrogen and oxygen atoms in total. The van der Waals surface area contributed by atoms with E-state index in [9.17, 15) is 4.79 Å². The van der Waals surface area contributed by atoms with E-state index in [1.165, 1.54) is 18.4 Å². The Bertz CT molecular complexity index is 518. The molecule has 0 amide bonds. The first-order valence-electron chi connectivity index (χ1n) is 7.42. The van der Waals surface area contributed by atoms with Gasteiger partial charge in [0.05, 0.1) is 0 Å². The standard InChI is InChI=1S/C18H24O2/c1-13(2)17(19)20-18(4)14(3)9-5-6-10-15-11-7-8-12-16(15)18/h7-8,11-12,14H,1,5-6,9-10H2,2-4H3. The second-order valence-corrected chi connectivity index (χ2v) is 6.08. The van der Waals surface area contributed by atoms with Crippen molar-refractivity contribution in [2.75, 3.05) is 0 Å². The Morgan fingerprint density at radius 2 is 2.05 bits per heavy atom. The molecular formula is C18H24O2. The van der Waals surface area contributed by atoms with Gasteiger partial charge in [-0.15, -0.1) is 0 Å². The first-order chi connectivity index (χ1) is 9.45. The van der Waals surface area contributed by atoms with Gasteiger partial charge >= 0.3 is 5.97 Å². The van der Waals surface area contributed by atoms with Crippen LogP contribution in [-0.4, -0.2) is 5.97 Å². The van der Waals surface area contributed by atoms with Crippen molar-refractivity contribution in [2.24, 2.45) is 5.92 Å². The van der Waals surface area contributed by atoms with Gasteiger partial charge in [-0.25, -0.2) is 4.79 Å². The molecule has 2 heteroatoms. The summed E-state index contributed by atoms with van der Waals surface area (Å²) in [5.74, 6) is 0.00183. The van der Waals surface area contributed by atoms with Crippen LogP contribution in [0.25, 0.3) is 0 Å². The van der Waals surface area contributed by atoms with Crippen molar-refractivity contribution in [2.45, 2.75) is 52.1 Å². The van der Waals surface area contributed by atoms with Crippen LogP contribution < -0.4 is 0 Å². The molecule has 1 aromatic rings. The van der Waals surface area contributed by atoms with Gasteiger partial charge in [-0.3, -0.25) is 0 Å². The van der Waals surface area contributed by atoms with Gasteiger partial charge in [0.1, 0.15) is 5.60 Å². The fourth-order valence-electron chi connectivity index (χ4n) is 2.96. The lowest BCUT2D eigenvalue weighted by molar-refractivity contribution is -0.160. The van der Waals surface area contributed by atoms with E-state index in [0.29, 0.717) is 11.5 Å². The summed E-state index contributed by atoms with van der Waals surface area (Å²) in [4.78, 5) is 12.0. The molecule has 2 unspecified atom stereocenters. The Morgan fingerprint density at radius 1 is 1.35 bits per heavy atom. The van der Waals surface area contributed by atoms with Gasteiger partial charge in [0.15, 0.2) is 0 Å². The van der Waals surface area contributed by atoms with Gasteiger partial charge in [0.25, 0.3) is 0 Å². The minimum Gasteiger partial charge on any atom is -0.451 e. The molecule has 20 heavy (non-hydrogen) atoms. The summed E-state index contributed by atoms with van der Waals surface area (Å²) in [5.41, 5.74) is 2.35. The van der Waals surface area contributed by atoms with Crippen LogP contribution in [0.1, 0.15) is 51.2 Å². The quantitative estimate of drug-likeness (QED) is 0.590. The summed E-state index contributed by atoms with van der Waals surface area (Å²) in [5, 5.41) is 0. The van der Waals surface area contributed by atoms with E-state index in [-0.39, 0.29) is 5.97 Å². The fraction of sp³-hybridized carbons (Fsp3) is 0.500. The van der Waals surface area contributed by atoms with E-state index in [1.807, 2.05) is 13.0 Å². The normalized spacial score (nSPS) is 26.1. The average molecular weight is 272 g/mol. The number of aryl methyl sites for hydroxylation is 1. The monoisotopic (exact) mass is 272 g/mol. The molecule has 0 saturated heterocycles. The average Bonchev–Trinajstić information content (AvgIpc) is 2.42. The lowest BCUT2D eigenvalue weighted by Gasteiger charge is -2.38. The third kappa shape index (κ3) is 2.79.